The molecule has 0 amide bonds. The van der Waals surface area contributed by atoms with Gasteiger partial charge in [0.25, 0.3) is 0 Å². The lowest BCUT2D eigenvalue weighted by molar-refractivity contribution is -0.0382. The van der Waals surface area contributed by atoms with Crippen LogP contribution in [0.4, 0.5) is 0 Å². The molecule has 166 valence electrons. The first-order valence-electron chi connectivity index (χ1n) is 11.9. The Balaban J connectivity index is 1.11. The standard InChI is InChI=1S/C21H40N6O2/c1-25-9-6-17(7-10-25)27-8-2-3-18(27)21-23-20(24-29-21)16-4-5-19(22-15-16)26-11-13-28-14-12-26/h16-24H,2-15H2,1H3. The number of hydrogen-bond acceptors (Lipinski definition) is 8. The van der Waals surface area contributed by atoms with Crippen LogP contribution >= 0.6 is 0 Å². The van der Waals surface area contributed by atoms with Gasteiger partial charge in [0.05, 0.1) is 31.6 Å². The largest absolute Gasteiger partial charge is 0.379 e. The monoisotopic (exact) mass is 408 g/mol. The summed E-state index contributed by atoms with van der Waals surface area (Å²) in [5.74, 6) is 0.579. The van der Waals surface area contributed by atoms with Crippen molar-refractivity contribution in [3.63, 3.8) is 0 Å². The van der Waals surface area contributed by atoms with E-state index in [1.54, 1.807) is 0 Å². The van der Waals surface area contributed by atoms with E-state index >= 15 is 0 Å². The average Bonchev–Trinajstić information content (AvgIpc) is 3.45. The van der Waals surface area contributed by atoms with Crippen LogP contribution in [0.15, 0.2) is 0 Å². The highest BCUT2D eigenvalue weighted by Crippen LogP contribution is 2.30. The molecule has 5 fully saturated rings. The quantitative estimate of drug-likeness (QED) is 0.600. The molecule has 5 aliphatic heterocycles. The molecule has 0 spiro atoms. The van der Waals surface area contributed by atoms with Crippen LogP contribution in [0.3, 0.4) is 0 Å². The Morgan fingerprint density at radius 1 is 0.897 bits per heavy atom. The molecule has 5 rings (SSSR count). The first-order chi connectivity index (χ1) is 14.3. The second-order valence-electron chi connectivity index (χ2n) is 9.69. The molecule has 0 aliphatic carbocycles. The minimum absolute atomic E-state index is 0.124. The first kappa shape index (κ1) is 20.6. The number of rotatable bonds is 4. The fourth-order valence-electron chi connectivity index (χ4n) is 6.08. The van der Waals surface area contributed by atoms with E-state index in [9.17, 15) is 0 Å². The van der Waals surface area contributed by atoms with Gasteiger partial charge >= 0.3 is 0 Å². The van der Waals surface area contributed by atoms with Gasteiger partial charge in [-0.2, -0.15) is 5.48 Å². The number of nitrogens with zero attached hydrogens (tertiary/aromatic N) is 3. The van der Waals surface area contributed by atoms with Crippen LogP contribution in [0, 0.1) is 5.92 Å². The van der Waals surface area contributed by atoms with Crippen LogP contribution in [-0.4, -0.2) is 105 Å². The molecule has 0 radical (unpaired) electrons. The summed E-state index contributed by atoms with van der Waals surface area (Å²) in [7, 11) is 2.25. The molecule has 0 bridgehead atoms. The van der Waals surface area contributed by atoms with Gasteiger partial charge in [-0.05, 0) is 65.2 Å². The van der Waals surface area contributed by atoms with E-state index in [4.69, 9.17) is 9.57 Å². The summed E-state index contributed by atoms with van der Waals surface area (Å²) in [5.41, 5.74) is 3.36. The minimum Gasteiger partial charge on any atom is -0.379 e. The summed E-state index contributed by atoms with van der Waals surface area (Å²) in [6, 6.07) is 1.24. The molecule has 5 saturated heterocycles. The predicted octanol–water partition coefficient (Wildman–Crippen LogP) is -0.0205. The van der Waals surface area contributed by atoms with Crippen molar-refractivity contribution in [3.05, 3.63) is 0 Å². The highest BCUT2D eigenvalue weighted by Gasteiger charge is 2.43. The van der Waals surface area contributed by atoms with Crippen molar-refractivity contribution >= 4 is 0 Å². The normalized spacial score (nSPS) is 41.9. The van der Waals surface area contributed by atoms with Crippen LogP contribution in [0.2, 0.25) is 0 Å². The van der Waals surface area contributed by atoms with Gasteiger partial charge in [0.1, 0.15) is 6.23 Å². The molecule has 5 atom stereocenters. The Kier molecular flexibility index (Phi) is 6.70. The van der Waals surface area contributed by atoms with Crippen molar-refractivity contribution in [2.45, 2.75) is 69.2 Å². The Bertz CT molecular complexity index is 517. The van der Waals surface area contributed by atoms with Crippen molar-refractivity contribution in [1.82, 2.24) is 30.8 Å². The molecule has 5 unspecified atom stereocenters. The molecular weight excluding hydrogens is 368 g/mol. The van der Waals surface area contributed by atoms with Crippen LogP contribution in [0.5, 0.6) is 0 Å². The van der Waals surface area contributed by atoms with Crippen molar-refractivity contribution in [2.24, 2.45) is 5.92 Å². The van der Waals surface area contributed by atoms with Gasteiger partial charge in [-0.15, -0.1) is 0 Å². The van der Waals surface area contributed by atoms with Crippen LogP contribution < -0.4 is 16.1 Å². The van der Waals surface area contributed by atoms with Gasteiger partial charge in [0.15, 0.2) is 0 Å². The summed E-state index contributed by atoms with van der Waals surface area (Å²) < 4.78 is 5.50. The molecule has 5 heterocycles. The highest BCUT2D eigenvalue weighted by atomic mass is 16.7. The zero-order chi connectivity index (χ0) is 19.6. The third kappa shape index (κ3) is 4.65. The summed E-state index contributed by atoms with van der Waals surface area (Å²) in [6.45, 7) is 8.60. The molecule has 29 heavy (non-hydrogen) atoms. The molecule has 0 saturated carbocycles. The minimum atomic E-state index is 0.124. The summed E-state index contributed by atoms with van der Waals surface area (Å²) in [6.07, 6.45) is 8.49. The number of morpholine rings is 1. The predicted molar refractivity (Wildman–Crippen MR) is 112 cm³/mol. The average molecular weight is 409 g/mol. The highest BCUT2D eigenvalue weighted by molar-refractivity contribution is 4.94. The van der Waals surface area contributed by atoms with Gasteiger partial charge in [0, 0.05) is 31.6 Å². The van der Waals surface area contributed by atoms with Crippen LogP contribution in [-0.2, 0) is 9.57 Å². The Hall–Kier alpha value is -0.320. The molecule has 5 aliphatic rings. The number of likely N-dealkylation sites (tertiary alicyclic amines) is 2. The lowest BCUT2D eigenvalue weighted by Gasteiger charge is -2.41. The Morgan fingerprint density at radius 2 is 1.72 bits per heavy atom. The maximum absolute atomic E-state index is 6.12. The first-order valence-corrected chi connectivity index (χ1v) is 11.9. The third-order valence-corrected chi connectivity index (χ3v) is 7.90. The number of nitrogens with one attached hydrogen (secondary N) is 3. The number of hydroxylamine groups is 1. The van der Waals surface area contributed by atoms with E-state index in [2.05, 4.69) is 37.9 Å². The molecule has 8 nitrogen and oxygen atoms in total. The third-order valence-electron chi connectivity index (χ3n) is 7.90. The van der Waals surface area contributed by atoms with Gasteiger partial charge in [-0.3, -0.25) is 20.0 Å². The van der Waals surface area contributed by atoms with Gasteiger partial charge < -0.3 is 15.0 Å². The maximum Gasteiger partial charge on any atom is 0.146 e. The summed E-state index contributed by atoms with van der Waals surface area (Å²) in [5, 5.41) is 7.60. The Labute approximate surface area is 175 Å². The smallest absolute Gasteiger partial charge is 0.146 e. The van der Waals surface area contributed by atoms with Crippen molar-refractivity contribution in [3.8, 4) is 0 Å². The fraction of sp³-hybridized carbons (Fsp3) is 1.00. The van der Waals surface area contributed by atoms with Crippen LogP contribution in [0.25, 0.3) is 0 Å². The zero-order valence-electron chi connectivity index (χ0n) is 18.0. The topological polar surface area (TPSA) is 64.3 Å². The second-order valence-corrected chi connectivity index (χ2v) is 9.69. The molecule has 8 heteroatoms. The maximum atomic E-state index is 6.12. The second kappa shape index (κ2) is 9.44. The number of ether oxygens (including phenoxy) is 1. The summed E-state index contributed by atoms with van der Waals surface area (Å²) in [4.78, 5) is 13.9. The van der Waals surface area contributed by atoms with Crippen LogP contribution in [0.1, 0.15) is 38.5 Å². The molecule has 3 N–H and O–H groups in total. The molecule has 0 aromatic rings. The Morgan fingerprint density at radius 3 is 2.48 bits per heavy atom. The fourth-order valence-corrected chi connectivity index (χ4v) is 6.08. The van der Waals surface area contributed by atoms with E-state index in [-0.39, 0.29) is 12.4 Å². The SMILES string of the molecule is CN1CCC(N2CCCC2C2NC(C3CCC(N4CCOCC4)NC3)NO2)CC1. The molecule has 0 aromatic heterocycles. The van der Waals surface area contributed by atoms with E-state index in [0.717, 1.165) is 38.9 Å². The van der Waals surface area contributed by atoms with E-state index in [1.165, 1.54) is 58.2 Å². The lowest BCUT2D eigenvalue weighted by Crippen LogP contribution is -2.57. The number of piperidine rings is 2. The van der Waals surface area contributed by atoms with Crippen molar-refractivity contribution < 1.29 is 9.57 Å². The van der Waals surface area contributed by atoms with Gasteiger partial charge in [0.2, 0.25) is 0 Å². The van der Waals surface area contributed by atoms with Gasteiger partial charge in [-0.25, -0.2) is 0 Å². The number of hydrogen-bond donors (Lipinski definition) is 3. The van der Waals surface area contributed by atoms with Crippen molar-refractivity contribution in [1.29, 1.82) is 0 Å². The van der Waals surface area contributed by atoms with Gasteiger partial charge in [-0.1, -0.05) is 0 Å². The molecular formula is C21H40N6O2. The summed E-state index contributed by atoms with van der Waals surface area (Å²) >= 11 is 0. The zero-order valence-corrected chi connectivity index (χ0v) is 18.0. The molecule has 0 aromatic carbocycles. The lowest BCUT2D eigenvalue weighted by atomic mass is 9.94. The van der Waals surface area contributed by atoms with E-state index < -0.39 is 0 Å². The van der Waals surface area contributed by atoms with Crippen molar-refractivity contribution in [2.75, 3.05) is 59.5 Å². The van der Waals surface area contributed by atoms with E-state index in [1.807, 2.05) is 0 Å². The van der Waals surface area contributed by atoms with E-state index in [0.29, 0.717) is 18.1 Å².